The predicted molar refractivity (Wildman–Crippen MR) is 117 cm³/mol. The summed E-state index contributed by atoms with van der Waals surface area (Å²) < 4.78 is 18.6. The average Bonchev–Trinajstić information content (AvgIpc) is 3.40. The smallest absolute Gasteiger partial charge is 0.192 e. The van der Waals surface area contributed by atoms with Gasteiger partial charge in [0, 0.05) is 6.04 Å². The Hall–Kier alpha value is 0.194. The van der Waals surface area contributed by atoms with Gasteiger partial charge in [0.1, 0.15) is 6.23 Å². The van der Waals surface area contributed by atoms with E-state index >= 15 is 0 Å². The maximum absolute atomic E-state index is 10.3. The van der Waals surface area contributed by atoms with Gasteiger partial charge < -0.3 is 24.0 Å². The van der Waals surface area contributed by atoms with E-state index in [0.717, 1.165) is 6.61 Å². The minimum atomic E-state index is -1.78. The third kappa shape index (κ3) is 4.30. The number of nitrogens with zero attached hydrogens (tertiary/aromatic N) is 1. The molecule has 3 aliphatic heterocycles. The molecule has 0 aromatic heterocycles. The summed E-state index contributed by atoms with van der Waals surface area (Å²) in [7, 11) is -3.52. The molecule has 0 bridgehead atoms. The molecule has 8 heteroatoms. The first-order valence-corrected chi connectivity index (χ1v) is 16.5. The molecular formula is C20H42N2O4Si2. The van der Waals surface area contributed by atoms with Gasteiger partial charge in [0.25, 0.3) is 0 Å². The van der Waals surface area contributed by atoms with Gasteiger partial charge in [-0.3, -0.25) is 4.90 Å². The van der Waals surface area contributed by atoms with Crippen LogP contribution in [0, 0.1) is 0 Å². The van der Waals surface area contributed by atoms with Crippen molar-refractivity contribution in [3.8, 4) is 0 Å². The van der Waals surface area contributed by atoms with Gasteiger partial charge in [-0.1, -0.05) is 41.5 Å². The summed E-state index contributed by atoms with van der Waals surface area (Å²) in [6.45, 7) is 24.1. The van der Waals surface area contributed by atoms with Crippen LogP contribution in [0.2, 0.25) is 36.3 Å². The van der Waals surface area contributed by atoms with Gasteiger partial charge in [0.15, 0.2) is 22.9 Å². The van der Waals surface area contributed by atoms with Gasteiger partial charge in [-0.15, -0.1) is 0 Å². The van der Waals surface area contributed by atoms with Crippen molar-refractivity contribution in [2.75, 3.05) is 13.2 Å². The SMILES string of the molecule is CC(C)(C)[Si](C)(C)OCC1N[C@@H]1C1O[C@@H](O)C2C(CO[Si](C)(C)C(C)(C)C)[N@@]12. The van der Waals surface area contributed by atoms with Gasteiger partial charge in [-0.25, -0.2) is 0 Å². The first kappa shape index (κ1) is 22.9. The fraction of sp³-hybridized carbons (Fsp3) is 1.00. The summed E-state index contributed by atoms with van der Waals surface area (Å²) in [5.41, 5.74) is 0. The molecule has 3 aliphatic rings. The highest BCUT2D eigenvalue weighted by Crippen LogP contribution is 2.46. The molecule has 0 saturated carbocycles. The number of aliphatic hydroxyl groups excluding tert-OH is 1. The summed E-state index contributed by atoms with van der Waals surface area (Å²) in [5.74, 6) is 0. The predicted octanol–water partition coefficient (Wildman–Crippen LogP) is 3.10. The van der Waals surface area contributed by atoms with Crippen LogP contribution in [0.15, 0.2) is 0 Å². The van der Waals surface area contributed by atoms with E-state index in [2.05, 4.69) is 77.9 Å². The van der Waals surface area contributed by atoms with E-state index in [4.69, 9.17) is 13.6 Å². The Bertz CT molecular complexity index is 588. The topological polar surface area (TPSA) is 72.9 Å². The minimum absolute atomic E-state index is 0.0685. The lowest BCUT2D eigenvalue weighted by Gasteiger charge is -2.36. The zero-order valence-electron chi connectivity index (χ0n) is 19.5. The Morgan fingerprint density at radius 2 is 1.43 bits per heavy atom. The summed E-state index contributed by atoms with van der Waals surface area (Å²) in [6, 6.07) is 0.904. The van der Waals surface area contributed by atoms with Crippen molar-refractivity contribution in [3.05, 3.63) is 0 Å². The summed E-state index contributed by atoms with van der Waals surface area (Å²) in [6.07, 6.45) is -0.775. The van der Waals surface area contributed by atoms with E-state index in [9.17, 15) is 5.11 Å². The van der Waals surface area contributed by atoms with Crippen molar-refractivity contribution >= 4 is 16.6 Å². The first-order chi connectivity index (χ1) is 12.6. The largest absolute Gasteiger partial charge is 0.415 e. The Labute approximate surface area is 173 Å². The molecule has 4 unspecified atom stereocenters. The number of aliphatic hydroxyl groups is 1. The van der Waals surface area contributed by atoms with Gasteiger partial charge >= 0.3 is 0 Å². The molecule has 0 aliphatic carbocycles. The third-order valence-corrected chi connectivity index (χ3v) is 16.8. The van der Waals surface area contributed by atoms with Gasteiger partial charge in [0.05, 0.1) is 31.3 Å². The van der Waals surface area contributed by atoms with Crippen molar-refractivity contribution in [1.82, 2.24) is 10.2 Å². The lowest BCUT2D eigenvalue weighted by atomic mass is 10.2. The Kier molecular flexibility index (Phi) is 5.81. The van der Waals surface area contributed by atoms with E-state index in [1.807, 2.05) is 0 Å². The molecule has 0 amide bonds. The van der Waals surface area contributed by atoms with E-state index < -0.39 is 22.9 Å². The van der Waals surface area contributed by atoms with Crippen LogP contribution in [0.25, 0.3) is 0 Å². The summed E-state index contributed by atoms with van der Waals surface area (Å²) >= 11 is 0. The molecular weight excluding hydrogens is 388 g/mol. The van der Waals surface area contributed by atoms with Crippen molar-refractivity contribution in [2.45, 2.75) is 114 Å². The zero-order chi connectivity index (χ0) is 21.3. The fourth-order valence-electron chi connectivity index (χ4n) is 3.41. The monoisotopic (exact) mass is 430 g/mol. The second kappa shape index (κ2) is 7.12. The normalized spacial score (nSPS) is 38.5. The molecule has 164 valence electrons. The van der Waals surface area contributed by atoms with Gasteiger partial charge in [-0.05, 0) is 36.3 Å². The highest BCUT2D eigenvalue weighted by molar-refractivity contribution is 6.74. The van der Waals surface area contributed by atoms with Crippen molar-refractivity contribution < 1.29 is 18.7 Å². The van der Waals surface area contributed by atoms with E-state index in [1.165, 1.54) is 0 Å². The minimum Gasteiger partial charge on any atom is -0.415 e. The Morgan fingerprint density at radius 3 is 1.93 bits per heavy atom. The molecule has 0 aromatic rings. The first-order valence-electron chi connectivity index (χ1n) is 10.7. The summed E-state index contributed by atoms with van der Waals surface area (Å²) in [4.78, 5) is 2.29. The molecule has 0 spiro atoms. The molecule has 28 heavy (non-hydrogen) atoms. The second-order valence-electron chi connectivity index (χ2n) is 11.9. The average molecular weight is 431 g/mol. The van der Waals surface area contributed by atoms with Crippen LogP contribution in [-0.2, 0) is 13.6 Å². The second-order valence-corrected chi connectivity index (χ2v) is 21.5. The Morgan fingerprint density at radius 1 is 0.929 bits per heavy atom. The highest BCUT2D eigenvalue weighted by Gasteiger charge is 2.66. The number of rotatable bonds is 7. The molecule has 3 heterocycles. The highest BCUT2D eigenvalue weighted by atomic mass is 28.4. The summed E-state index contributed by atoms with van der Waals surface area (Å²) in [5, 5.41) is 14.3. The zero-order valence-corrected chi connectivity index (χ0v) is 21.5. The van der Waals surface area contributed by atoms with Crippen LogP contribution in [0.3, 0.4) is 0 Å². The van der Waals surface area contributed by atoms with Crippen LogP contribution < -0.4 is 5.32 Å². The number of hydrogen-bond donors (Lipinski definition) is 2. The van der Waals surface area contributed by atoms with Crippen LogP contribution in [0.4, 0.5) is 0 Å². The fourth-order valence-corrected chi connectivity index (χ4v) is 5.46. The quantitative estimate of drug-likeness (QED) is 0.478. The van der Waals surface area contributed by atoms with Crippen LogP contribution in [0.5, 0.6) is 0 Å². The van der Waals surface area contributed by atoms with Crippen molar-refractivity contribution in [3.63, 3.8) is 0 Å². The molecule has 3 rings (SSSR count). The molecule has 0 aromatic carbocycles. The molecule has 3 saturated heterocycles. The maximum Gasteiger partial charge on any atom is 0.192 e. The third-order valence-electron chi connectivity index (χ3n) is 7.79. The number of fused-ring (bicyclic) bond motifs is 1. The standard InChI is InChI=1S/C20H42N2O4Si2/c1-19(2,3)27(7,8)24-11-13-15(21-13)17-22-14(16(22)18(23)26-17)12-25-28(9,10)20(4,5)6/h13-18,21,23H,11-12H2,1-10H3/t13?,14?,15-,16?,17?,18+,22+/m0/s1. The molecule has 0 radical (unpaired) electrons. The van der Waals surface area contributed by atoms with Gasteiger partial charge in [-0.2, -0.15) is 0 Å². The van der Waals surface area contributed by atoms with E-state index in [0.29, 0.717) is 12.6 Å². The van der Waals surface area contributed by atoms with Crippen LogP contribution in [0.1, 0.15) is 41.5 Å². The molecule has 2 N–H and O–H groups in total. The number of ether oxygens (including phenoxy) is 1. The van der Waals surface area contributed by atoms with Crippen molar-refractivity contribution in [2.24, 2.45) is 0 Å². The van der Waals surface area contributed by atoms with Crippen LogP contribution >= 0.6 is 0 Å². The number of hydrogen-bond acceptors (Lipinski definition) is 6. The van der Waals surface area contributed by atoms with E-state index in [-0.39, 0.29) is 34.4 Å². The molecule has 6 nitrogen and oxygen atoms in total. The molecule has 3 fully saturated rings. The van der Waals surface area contributed by atoms with Gasteiger partial charge in [0.2, 0.25) is 0 Å². The number of nitrogens with one attached hydrogen (secondary N) is 1. The lowest BCUT2D eigenvalue weighted by Crippen LogP contribution is -2.43. The lowest BCUT2D eigenvalue weighted by molar-refractivity contribution is -0.119. The van der Waals surface area contributed by atoms with Crippen molar-refractivity contribution in [1.29, 1.82) is 0 Å². The Balaban J connectivity index is 1.50. The van der Waals surface area contributed by atoms with E-state index in [1.54, 1.807) is 0 Å². The molecule has 7 atom stereocenters. The maximum atomic E-state index is 10.3. The van der Waals surface area contributed by atoms with Crippen LogP contribution in [-0.4, -0.2) is 76.5 Å².